The van der Waals surface area contributed by atoms with Gasteiger partial charge in [0.1, 0.15) is 6.04 Å². The molecule has 0 aliphatic heterocycles. The van der Waals surface area contributed by atoms with Crippen LogP contribution in [-0.2, 0) is 6.42 Å². The maximum absolute atomic E-state index is 12.5. The molecule has 2 aromatic carbocycles. The Bertz CT molecular complexity index is 850. The molecule has 6 heteroatoms. The zero-order valence-corrected chi connectivity index (χ0v) is 13.9. The summed E-state index contributed by atoms with van der Waals surface area (Å²) in [5, 5.41) is 20.9. The summed E-state index contributed by atoms with van der Waals surface area (Å²) in [5.74, 6) is 0.469. The highest BCUT2D eigenvalue weighted by molar-refractivity contribution is 5.94. The molecule has 0 aliphatic carbocycles. The summed E-state index contributed by atoms with van der Waals surface area (Å²) in [7, 11) is 2.98. The number of carbonyl (C=O) groups is 1. The second-order valence-corrected chi connectivity index (χ2v) is 5.15. The molecule has 1 N–H and O–H groups in total. The van der Waals surface area contributed by atoms with Crippen molar-refractivity contribution in [2.24, 2.45) is 0 Å². The molecule has 0 radical (unpaired) electrons. The first-order valence-corrected chi connectivity index (χ1v) is 7.51. The lowest BCUT2D eigenvalue weighted by Crippen LogP contribution is -2.28. The van der Waals surface area contributed by atoms with Crippen LogP contribution in [-0.4, -0.2) is 20.1 Å². The average Bonchev–Trinajstić information content (AvgIpc) is 2.65. The molecule has 0 aliphatic rings. The van der Waals surface area contributed by atoms with Crippen LogP contribution in [0.1, 0.15) is 27.5 Å². The predicted octanol–water partition coefficient (Wildman–Crippen LogP) is 2.76. The van der Waals surface area contributed by atoms with Crippen molar-refractivity contribution in [2.45, 2.75) is 12.5 Å². The number of carbonyl (C=O) groups excluding carboxylic acids is 1. The van der Waals surface area contributed by atoms with Crippen LogP contribution in [0.5, 0.6) is 11.5 Å². The van der Waals surface area contributed by atoms with E-state index in [9.17, 15) is 10.1 Å². The molecule has 0 fully saturated rings. The van der Waals surface area contributed by atoms with Crippen LogP contribution in [0.2, 0.25) is 0 Å². The Hall–Kier alpha value is -3.51. The quantitative estimate of drug-likeness (QED) is 0.876. The van der Waals surface area contributed by atoms with Gasteiger partial charge in [-0.3, -0.25) is 4.79 Å². The maximum atomic E-state index is 12.5. The zero-order chi connectivity index (χ0) is 18.2. The predicted molar refractivity (Wildman–Crippen MR) is 91.1 cm³/mol. The molecule has 0 saturated carbocycles. The van der Waals surface area contributed by atoms with Crippen molar-refractivity contribution in [3.8, 4) is 23.6 Å². The van der Waals surface area contributed by atoms with Gasteiger partial charge in [0.15, 0.2) is 11.5 Å². The van der Waals surface area contributed by atoms with Crippen molar-refractivity contribution < 1.29 is 14.3 Å². The van der Waals surface area contributed by atoms with Crippen LogP contribution in [0, 0.1) is 22.7 Å². The second kappa shape index (κ2) is 8.37. The first-order valence-electron chi connectivity index (χ1n) is 7.51. The number of hydrogen-bond acceptors (Lipinski definition) is 5. The van der Waals surface area contributed by atoms with Gasteiger partial charge in [-0.15, -0.1) is 0 Å². The average molecular weight is 335 g/mol. The number of rotatable bonds is 6. The van der Waals surface area contributed by atoms with E-state index < -0.39 is 11.9 Å². The van der Waals surface area contributed by atoms with E-state index in [1.807, 2.05) is 6.07 Å². The van der Waals surface area contributed by atoms with Gasteiger partial charge in [-0.1, -0.05) is 24.3 Å². The third-order valence-electron chi connectivity index (χ3n) is 3.62. The monoisotopic (exact) mass is 335 g/mol. The minimum absolute atomic E-state index is 0.215. The normalized spacial score (nSPS) is 10.9. The summed E-state index contributed by atoms with van der Waals surface area (Å²) in [5.41, 5.74) is 1.63. The fourth-order valence-electron chi connectivity index (χ4n) is 2.45. The van der Waals surface area contributed by atoms with Crippen molar-refractivity contribution in [1.29, 1.82) is 10.5 Å². The lowest BCUT2D eigenvalue weighted by atomic mass is 10.0. The molecule has 0 saturated heterocycles. The molecule has 1 atom stereocenters. The van der Waals surface area contributed by atoms with Crippen molar-refractivity contribution in [3.05, 3.63) is 59.2 Å². The van der Waals surface area contributed by atoms with Gasteiger partial charge in [0.25, 0.3) is 5.91 Å². The maximum Gasteiger partial charge on any atom is 0.252 e. The summed E-state index contributed by atoms with van der Waals surface area (Å²) in [6, 6.07) is 15.1. The molecule has 0 bridgehead atoms. The smallest absolute Gasteiger partial charge is 0.252 e. The number of amides is 1. The number of methoxy groups -OCH3 is 2. The Morgan fingerprint density at radius 1 is 1.16 bits per heavy atom. The Kier molecular flexibility index (Phi) is 5.97. The molecule has 0 heterocycles. The van der Waals surface area contributed by atoms with E-state index in [2.05, 4.69) is 11.4 Å². The van der Waals surface area contributed by atoms with Gasteiger partial charge in [0, 0.05) is 11.1 Å². The van der Waals surface area contributed by atoms with Crippen LogP contribution in [0.4, 0.5) is 0 Å². The first-order chi connectivity index (χ1) is 12.1. The van der Waals surface area contributed by atoms with Crippen molar-refractivity contribution in [2.75, 3.05) is 14.2 Å². The van der Waals surface area contributed by atoms with Gasteiger partial charge in [-0.05, 0) is 23.8 Å². The zero-order valence-electron chi connectivity index (χ0n) is 13.9. The van der Waals surface area contributed by atoms with E-state index >= 15 is 0 Å². The minimum Gasteiger partial charge on any atom is -0.493 e. The van der Waals surface area contributed by atoms with E-state index in [4.69, 9.17) is 14.7 Å². The fraction of sp³-hybridized carbons (Fsp3) is 0.211. The van der Waals surface area contributed by atoms with E-state index in [0.29, 0.717) is 22.6 Å². The van der Waals surface area contributed by atoms with Crippen molar-refractivity contribution in [3.63, 3.8) is 0 Å². The van der Waals surface area contributed by atoms with Gasteiger partial charge in [0.05, 0.1) is 32.8 Å². The molecule has 126 valence electrons. The van der Waals surface area contributed by atoms with E-state index in [-0.39, 0.29) is 6.42 Å². The summed E-state index contributed by atoms with van der Waals surface area (Å²) < 4.78 is 10.6. The number of nitriles is 2. The number of para-hydroxylation sites is 1. The Balaban J connectivity index is 2.29. The number of hydrogen-bond donors (Lipinski definition) is 1. The molecule has 25 heavy (non-hydrogen) atoms. The fourth-order valence-corrected chi connectivity index (χ4v) is 2.45. The molecule has 6 nitrogen and oxygen atoms in total. The van der Waals surface area contributed by atoms with Crippen LogP contribution in [0.3, 0.4) is 0 Å². The highest BCUT2D eigenvalue weighted by Gasteiger charge is 2.21. The molecule has 2 aromatic rings. The van der Waals surface area contributed by atoms with Gasteiger partial charge in [-0.2, -0.15) is 10.5 Å². The first kappa shape index (κ1) is 17.8. The molecule has 0 aromatic heterocycles. The number of nitrogens with one attached hydrogen (secondary N) is 1. The highest BCUT2D eigenvalue weighted by Crippen LogP contribution is 2.34. The molecule has 0 unspecified atom stereocenters. The molecule has 0 spiro atoms. The van der Waals surface area contributed by atoms with Gasteiger partial charge in [0.2, 0.25) is 0 Å². The minimum atomic E-state index is -0.905. The highest BCUT2D eigenvalue weighted by atomic mass is 16.5. The molecule has 2 rings (SSSR count). The Morgan fingerprint density at radius 3 is 2.56 bits per heavy atom. The number of benzene rings is 2. The van der Waals surface area contributed by atoms with Gasteiger partial charge < -0.3 is 14.8 Å². The van der Waals surface area contributed by atoms with E-state index in [0.717, 1.165) is 5.56 Å². The molecular weight excluding hydrogens is 318 g/mol. The van der Waals surface area contributed by atoms with Crippen molar-refractivity contribution >= 4 is 5.91 Å². The molecular formula is C19H17N3O3. The molecule has 1 amide bonds. The van der Waals surface area contributed by atoms with Crippen LogP contribution < -0.4 is 14.8 Å². The Morgan fingerprint density at radius 2 is 1.92 bits per heavy atom. The van der Waals surface area contributed by atoms with Crippen LogP contribution >= 0.6 is 0 Å². The summed E-state index contributed by atoms with van der Waals surface area (Å²) in [4.78, 5) is 12.5. The van der Waals surface area contributed by atoms with Gasteiger partial charge in [-0.25, -0.2) is 0 Å². The second-order valence-electron chi connectivity index (χ2n) is 5.15. The van der Waals surface area contributed by atoms with Crippen LogP contribution in [0.15, 0.2) is 42.5 Å². The largest absolute Gasteiger partial charge is 0.493 e. The summed E-state index contributed by atoms with van der Waals surface area (Å²) in [6.45, 7) is 0. The van der Waals surface area contributed by atoms with Crippen molar-refractivity contribution in [1.82, 2.24) is 5.32 Å². The Labute approximate surface area is 146 Å². The number of ether oxygens (including phenoxy) is 2. The summed E-state index contributed by atoms with van der Waals surface area (Å²) >= 11 is 0. The SMILES string of the molecule is COc1cccc([C@H](C#N)NC(=O)c2cccc(CC#N)c2)c1OC. The topological polar surface area (TPSA) is 95.1 Å². The van der Waals surface area contributed by atoms with E-state index in [1.165, 1.54) is 14.2 Å². The standard InChI is InChI=1S/C19H17N3O3/c1-24-17-8-4-7-15(18(17)25-2)16(12-21)22-19(23)14-6-3-5-13(11-14)9-10-20/h3-8,11,16H,9H2,1-2H3,(H,22,23)/t16-/m0/s1. The third kappa shape index (κ3) is 4.07. The third-order valence-corrected chi connectivity index (χ3v) is 3.62. The van der Waals surface area contributed by atoms with Gasteiger partial charge >= 0.3 is 0 Å². The summed E-state index contributed by atoms with van der Waals surface area (Å²) in [6.07, 6.45) is 0.215. The van der Waals surface area contributed by atoms with Crippen LogP contribution in [0.25, 0.3) is 0 Å². The lowest BCUT2D eigenvalue weighted by molar-refractivity contribution is 0.0944. The number of nitrogens with zero attached hydrogens (tertiary/aromatic N) is 2. The van der Waals surface area contributed by atoms with E-state index in [1.54, 1.807) is 42.5 Å². The lowest BCUT2D eigenvalue weighted by Gasteiger charge is -2.17.